The van der Waals surface area contributed by atoms with Crippen LogP contribution in [-0.2, 0) is 17.8 Å². The van der Waals surface area contributed by atoms with Crippen LogP contribution in [0.5, 0.6) is 0 Å². The van der Waals surface area contributed by atoms with Gasteiger partial charge >= 0.3 is 0 Å². The van der Waals surface area contributed by atoms with Gasteiger partial charge in [-0.25, -0.2) is 4.39 Å². The van der Waals surface area contributed by atoms with E-state index >= 15 is 0 Å². The van der Waals surface area contributed by atoms with Crippen LogP contribution in [0.2, 0.25) is 0 Å². The highest BCUT2D eigenvalue weighted by atomic mass is 19.1. The van der Waals surface area contributed by atoms with E-state index in [1.807, 2.05) is 24.3 Å². The zero-order chi connectivity index (χ0) is 21.7. The summed E-state index contributed by atoms with van der Waals surface area (Å²) in [7, 11) is 1.72. The van der Waals surface area contributed by atoms with Gasteiger partial charge in [-0.05, 0) is 72.3 Å². The molecular weight excluding hydrogens is 389 g/mol. The molecule has 1 fully saturated rings. The van der Waals surface area contributed by atoms with Crippen LogP contribution in [-0.4, -0.2) is 35.9 Å². The minimum atomic E-state index is -0.467. The Balaban J connectivity index is 1.52. The lowest BCUT2D eigenvalue weighted by Crippen LogP contribution is -2.52. The number of halogens is 1. The smallest absolute Gasteiger partial charge is 0.227 e. The summed E-state index contributed by atoms with van der Waals surface area (Å²) >= 11 is 0. The van der Waals surface area contributed by atoms with Crippen LogP contribution in [0.1, 0.15) is 24.0 Å². The van der Waals surface area contributed by atoms with Gasteiger partial charge in [0.05, 0.1) is 5.41 Å². The number of pyridine rings is 1. The number of nitrogens with zero attached hydrogens (tertiary/aromatic N) is 2. The van der Waals surface area contributed by atoms with Crippen molar-refractivity contribution in [3.05, 3.63) is 90.0 Å². The second-order valence-corrected chi connectivity index (χ2v) is 8.41. The Hall–Kier alpha value is -3.05. The Labute approximate surface area is 183 Å². The maximum Gasteiger partial charge on any atom is 0.227 e. The van der Waals surface area contributed by atoms with Crippen molar-refractivity contribution < 1.29 is 9.18 Å². The van der Waals surface area contributed by atoms with E-state index in [2.05, 4.69) is 39.5 Å². The van der Waals surface area contributed by atoms with Gasteiger partial charge in [-0.2, -0.15) is 0 Å². The Morgan fingerprint density at radius 2 is 1.65 bits per heavy atom. The average molecular weight is 418 g/mol. The molecular formula is C26H28FN3O. The van der Waals surface area contributed by atoms with Crippen molar-refractivity contribution in [2.24, 2.45) is 5.41 Å². The molecule has 0 aliphatic carbocycles. The summed E-state index contributed by atoms with van der Waals surface area (Å²) in [6.45, 7) is 2.35. The third kappa shape index (κ3) is 5.00. The quantitative estimate of drug-likeness (QED) is 0.644. The van der Waals surface area contributed by atoms with Gasteiger partial charge in [0.25, 0.3) is 0 Å². The highest BCUT2D eigenvalue weighted by molar-refractivity contribution is 5.83. The van der Waals surface area contributed by atoms with Crippen molar-refractivity contribution in [2.75, 3.05) is 20.1 Å². The van der Waals surface area contributed by atoms with Crippen molar-refractivity contribution in [2.45, 2.75) is 25.8 Å². The molecule has 1 aliphatic rings. The minimum Gasteiger partial charge on any atom is -0.359 e. The van der Waals surface area contributed by atoms with E-state index in [0.717, 1.165) is 48.2 Å². The van der Waals surface area contributed by atoms with Crippen molar-refractivity contribution in [1.29, 1.82) is 0 Å². The molecule has 160 valence electrons. The largest absolute Gasteiger partial charge is 0.359 e. The summed E-state index contributed by atoms with van der Waals surface area (Å²) in [5.41, 5.74) is 4.03. The molecule has 0 radical (unpaired) electrons. The van der Waals surface area contributed by atoms with Gasteiger partial charge < -0.3 is 5.32 Å². The number of nitrogens with one attached hydrogen (secondary N) is 1. The number of carbonyl (C=O) groups excluding carboxylic acids is 1. The highest BCUT2D eigenvalue weighted by Gasteiger charge is 2.41. The Bertz CT molecular complexity index is 1010. The summed E-state index contributed by atoms with van der Waals surface area (Å²) in [5.74, 6) is -0.133. The van der Waals surface area contributed by atoms with Crippen molar-refractivity contribution >= 4 is 5.91 Å². The number of rotatable bonds is 6. The number of hydrogen-bond acceptors (Lipinski definition) is 3. The van der Waals surface area contributed by atoms with Crippen LogP contribution in [0.25, 0.3) is 11.1 Å². The summed E-state index contributed by atoms with van der Waals surface area (Å²) in [5, 5.41) is 2.90. The van der Waals surface area contributed by atoms with Crippen LogP contribution in [0.15, 0.2) is 73.1 Å². The van der Waals surface area contributed by atoms with Gasteiger partial charge in [0, 0.05) is 32.5 Å². The number of likely N-dealkylation sites (tertiary alicyclic amines) is 1. The first-order valence-corrected chi connectivity index (χ1v) is 10.8. The molecule has 1 N–H and O–H groups in total. The van der Waals surface area contributed by atoms with Gasteiger partial charge in [0.15, 0.2) is 0 Å². The van der Waals surface area contributed by atoms with E-state index in [4.69, 9.17) is 0 Å². The monoisotopic (exact) mass is 417 g/mol. The van der Waals surface area contributed by atoms with Crippen molar-refractivity contribution in [1.82, 2.24) is 15.2 Å². The standard InChI is InChI=1S/C26H28FN3O/c1-28-25(31)26(13-2-16-30(19-26)18-21-5-9-24(27)10-6-21)17-20-3-7-22(8-4-20)23-11-14-29-15-12-23/h3-12,14-15H,2,13,16-19H2,1H3,(H,28,31). The number of amides is 1. The lowest BCUT2D eigenvalue weighted by molar-refractivity contribution is -0.134. The molecule has 2 heterocycles. The lowest BCUT2D eigenvalue weighted by atomic mass is 9.74. The van der Waals surface area contributed by atoms with Gasteiger partial charge in [-0.1, -0.05) is 36.4 Å². The molecule has 0 bridgehead atoms. The van der Waals surface area contributed by atoms with E-state index in [9.17, 15) is 9.18 Å². The first-order chi connectivity index (χ1) is 15.1. The number of piperidine rings is 1. The fraction of sp³-hybridized carbons (Fsp3) is 0.308. The summed E-state index contributed by atoms with van der Waals surface area (Å²) < 4.78 is 13.2. The van der Waals surface area contributed by atoms with E-state index in [1.54, 1.807) is 19.4 Å². The molecule has 1 aliphatic heterocycles. The van der Waals surface area contributed by atoms with Crippen LogP contribution >= 0.6 is 0 Å². The Morgan fingerprint density at radius 3 is 2.32 bits per heavy atom. The van der Waals surface area contributed by atoms with Crippen molar-refractivity contribution in [3.8, 4) is 11.1 Å². The second kappa shape index (κ2) is 9.40. The maximum atomic E-state index is 13.2. The SMILES string of the molecule is CNC(=O)C1(Cc2ccc(-c3ccncc3)cc2)CCCN(Cc2ccc(F)cc2)C1. The Morgan fingerprint density at radius 1 is 1.00 bits per heavy atom. The fourth-order valence-electron chi connectivity index (χ4n) is 4.64. The predicted molar refractivity (Wildman–Crippen MR) is 121 cm³/mol. The second-order valence-electron chi connectivity index (χ2n) is 8.41. The third-order valence-corrected chi connectivity index (χ3v) is 6.19. The molecule has 1 amide bonds. The third-order valence-electron chi connectivity index (χ3n) is 6.19. The van der Waals surface area contributed by atoms with Crippen LogP contribution in [0, 0.1) is 11.2 Å². The molecule has 0 saturated carbocycles. The van der Waals surface area contributed by atoms with Crippen molar-refractivity contribution in [3.63, 3.8) is 0 Å². The molecule has 4 rings (SSSR count). The highest BCUT2D eigenvalue weighted by Crippen LogP contribution is 2.35. The molecule has 1 unspecified atom stereocenters. The maximum absolute atomic E-state index is 13.2. The molecule has 1 saturated heterocycles. The van der Waals surface area contributed by atoms with E-state index in [0.29, 0.717) is 13.0 Å². The van der Waals surface area contributed by atoms with E-state index < -0.39 is 5.41 Å². The number of benzene rings is 2. The first kappa shape index (κ1) is 21.2. The number of aromatic nitrogens is 1. The van der Waals surface area contributed by atoms with Gasteiger partial charge in [-0.3, -0.25) is 14.7 Å². The minimum absolute atomic E-state index is 0.0921. The Kier molecular flexibility index (Phi) is 6.42. The molecule has 31 heavy (non-hydrogen) atoms. The van der Waals surface area contributed by atoms with E-state index in [1.165, 1.54) is 12.1 Å². The summed E-state index contributed by atoms with van der Waals surface area (Å²) in [6, 6.07) is 19.1. The van der Waals surface area contributed by atoms with Gasteiger partial charge in [0.2, 0.25) is 5.91 Å². The van der Waals surface area contributed by atoms with Gasteiger partial charge in [-0.15, -0.1) is 0 Å². The number of hydrogen-bond donors (Lipinski definition) is 1. The number of carbonyl (C=O) groups is 1. The average Bonchev–Trinajstić information content (AvgIpc) is 2.81. The molecule has 1 aromatic heterocycles. The summed E-state index contributed by atoms with van der Waals surface area (Å²) in [4.78, 5) is 19.4. The van der Waals surface area contributed by atoms with Crippen LogP contribution in [0.4, 0.5) is 4.39 Å². The summed E-state index contributed by atoms with van der Waals surface area (Å²) in [6.07, 6.45) is 6.11. The van der Waals surface area contributed by atoms with E-state index in [-0.39, 0.29) is 11.7 Å². The normalized spacial score (nSPS) is 19.2. The first-order valence-electron chi connectivity index (χ1n) is 10.8. The van der Waals surface area contributed by atoms with Gasteiger partial charge in [0.1, 0.15) is 5.82 Å². The fourth-order valence-corrected chi connectivity index (χ4v) is 4.64. The predicted octanol–water partition coefficient (Wildman–Crippen LogP) is 4.46. The molecule has 0 spiro atoms. The molecule has 3 aromatic rings. The zero-order valence-electron chi connectivity index (χ0n) is 17.9. The lowest BCUT2D eigenvalue weighted by Gasteiger charge is -2.41. The topological polar surface area (TPSA) is 45.2 Å². The molecule has 2 aromatic carbocycles. The zero-order valence-corrected chi connectivity index (χ0v) is 17.9. The van der Waals surface area contributed by atoms with Crippen LogP contribution in [0.3, 0.4) is 0 Å². The molecule has 5 heteroatoms. The molecule has 4 nitrogen and oxygen atoms in total. The molecule has 1 atom stereocenters. The van der Waals surface area contributed by atoms with Crippen LogP contribution < -0.4 is 5.32 Å².